The average Bonchev–Trinajstić information content (AvgIpc) is 2.77. The molecular weight excluding hydrogens is 350 g/mol. The maximum atomic E-state index is 9.55. The molecule has 9 heteroatoms. The third-order valence-corrected chi connectivity index (χ3v) is 4.52. The topological polar surface area (TPSA) is 113 Å². The number of carbonyl (C=O) groups is 2. The zero-order chi connectivity index (χ0) is 18.4. The predicted molar refractivity (Wildman–Crippen MR) is 89.7 cm³/mol. The van der Waals surface area contributed by atoms with Gasteiger partial charge in [0.15, 0.2) is 5.15 Å². The Kier molecular flexibility index (Phi) is 6.72. The van der Waals surface area contributed by atoms with Crippen LogP contribution in [0.3, 0.4) is 0 Å². The molecule has 0 amide bonds. The molecule has 0 aliphatic carbocycles. The molecule has 3 heterocycles. The van der Waals surface area contributed by atoms with Crippen molar-refractivity contribution in [1.29, 1.82) is 0 Å². The Morgan fingerprint density at radius 3 is 2.16 bits per heavy atom. The molecule has 2 aliphatic heterocycles. The Balaban J connectivity index is 0.000000242. The van der Waals surface area contributed by atoms with Crippen molar-refractivity contribution in [3.05, 3.63) is 29.4 Å². The normalized spacial score (nSPS) is 25.3. The van der Waals surface area contributed by atoms with Crippen LogP contribution in [0.5, 0.6) is 5.88 Å². The summed E-state index contributed by atoms with van der Waals surface area (Å²) >= 11 is 5.69. The Hall–Kier alpha value is -2.19. The van der Waals surface area contributed by atoms with Gasteiger partial charge in [-0.05, 0) is 38.8 Å². The van der Waals surface area contributed by atoms with E-state index >= 15 is 0 Å². The quantitative estimate of drug-likeness (QED) is 0.773. The molecule has 3 rings (SSSR count). The number of rotatable bonds is 4. The lowest BCUT2D eigenvalue weighted by molar-refractivity contribution is -0.134. The molecule has 1 aromatic heterocycles. The minimum Gasteiger partial charge on any atom is -0.478 e. The Bertz CT molecular complexity index is 607. The third kappa shape index (κ3) is 5.99. The van der Waals surface area contributed by atoms with Gasteiger partial charge in [0, 0.05) is 30.3 Å². The average molecular weight is 370 g/mol. The Labute approximate surface area is 150 Å². The highest BCUT2D eigenvalue weighted by molar-refractivity contribution is 6.29. The number of piperidine rings is 1. The number of carboxylic acid groups (broad SMARTS) is 2. The maximum Gasteiger partial charge on any atom is 0.328 e. The molecule has 2 aliphatic rings. The van der Waals surface area contributed by atoms with Gasteiger partial charge in [0.1, 0.15) is 6.10 Å². The molecule has 2 N–H and O–H groups in total. The van der Waals surface area contributed by atoms with Gasteiger partial charge < -0.3 is 19.8 Å². The van der Waals surface area contributed by atoms with E-state index < -0.39 is 11.9 Å². The third-order valence-electron chi connectivity index (χ3n) is 4.32. The van der Waals surface area contributed by atoms with Crippen LogP contribution in [0, 0.1) is 0 Å². The zero-order valence-corrected chi connectivity index (χ0v) is 14.5. The summed E-state index contributed by atoms with van der Waals surface area (Å²) in [7, 11) is 2.22. The van der Waals surface area contributed by atoms with E-state index in [2.05, 4.69) is 22.1 Å². The van der Waals surface area contributed by atoms with Crippen molar-refractivity contribution >= 4 is 23.5 Å². The molecule has 0 saturated carbocycles. The summed E-state index contributed by atoms with van der Waals surface area (Å²) in [6.07, 6.45) is 6.18. The van der Waals surface area contributed by atoms with Crippen molar-refractivity contribution in [1.82, 2.24) is 15.1 Å². The van der Waals surface area contributed by atoms with Crippen LogP contribution in [0.4, 0.5) is 0 Å². The van der Waals surface area contributed by atoms with Crippen LogP contribution in [0.1, 0.15) is 25.7 Å². The summed E-state index contributed by atoms with van der Waals surface area (Å²) in [5.74, 6) is -1.93. The number of ether oxygens (including phenoxy) is 1. The second kappa shape index (κ2) is 8.77. The van der Waals surface area contributed by atoms with Crippen molar-refractivity contribution in [3.63, 3.8) is 0 Å². The zero-order valence-electron chi connectivity index (χ0n) is 13.7. The fourth-order valence-corrected chi connectivity index (χ4v) is 3.24. The molecule has 2 atom stereocenters. The molecule has 0 radical (unpaired) electrons. The Morgan fingerprint density at radius 2 is 1.72 bits per heavy atom. The number of nitrogens with zero attached hydrogens (tertiary/aromatic N) is 3. The first-order valence-electron chi connectivity index (χ1n) is 7.87. The van der Waals surface area contributed by atoms with E-state index in [4.69, 9.17) is 26.6 Å². The lowest BCUT2D eigenvalue weighted by Crippen LogP contribution is -2.43. The summed E-state index contributed by atoms with van der Waals surface area (Å²) in [5, 5.41) is 23.8. The smallest absolute Gasteiger partial charge is 0.328 e. The van der Waals surface area contributed by atoms with Crippen molar-refractivity contribution in [2.24, 2.45) is 0 Å². The van der Waals surface area contributed by atoms with Crippen molar-refractivity contribution in [3.8, 4) is 5.88 Å². The molecule has 1 aromatic rings. The van der Waals surface area contributed by atoms with Gasteiger partial charge in [0.25, 0.3) is 0 Å². The minimum atomic E-state index is -1.26. The Morgan fingerprint density at radius 1 is 1.16 bits per heavy atom. The van der Waals surface area contributed by atoms with E-state index in [0.717, 1.165) is 12.8 Å². The molecule has 25 heavy (non-hydrogen) atoms. The lowest BCUT2D eigenvalue weighted by atomic mass is 10.0. The molecule has 0 spiro atoms. The number of aliphatic carboxylic acids is 2. The summed E-state index contributed by atoms with van der Waals surface area (Å²) in [4.78, 5) is 21.6. The standard InChI is InChI=1S/C12H16ClN3O.C4H4O4/c1-16-8-2-3-9(16)7-10(6-8)17-12-5-4-11(13)14-15-12;5-3(6)1-2-4(7)8/h4-5,8-10H,2-3,6-7H2,1H3;1-2H,(H,5,6)(H,7,8)/b;2-1+. The minimum absolute atomic E-state index is 0.277. The van der Waals surface area contributed by atoms with Gasteiger partial charge in [0.2, 0.25) is 5.88 Å². The first-order valence-corrected chi connectivity index (χ1v) is 8.24. The van der Waals surface area contributed by atoms with Gasteiger partial charge in [-0.3, -0.25) is 0 Å². The first-order chi connectivity index (χ1) is 11.8. The molecule has 2 saturated heterocycles. The van der Waals surface area contributed by atoms with Gasteiger partial charge >= 0.3 is 11.9 Å². The van der Waals surface area contributed by atoms with Gasteiger partial charge in [-0.15, -0.1) is 10.2 Å². The van der Waals surface area contributed by atoms with Crippen LogP contribution in [0.2, 0.25) is 5.15 Å². The summed E-state index contributed by atoms with van der Waals surface area (Å²) < 4.78 is 5.88. The largest absolute Gasteiger partial charge is 0.478 e. The molecule has 8 nitrogen and oxygen atoms in total. The lowest BCUT2D eigenvalue weighted by Gasteiger charge is -2.35. The first kappa shape index (κ1) is 19.1. The number of halogens is 1. The van der Waals surface area contributed by atoms with Crippen LogP contribution < -0.4 is 4.74 Å². The SMILES string of the molecule is CN1C2CCC1CC(Oc1ccc(Cl)nn1)C2.O=C(O)/C=C/C(=O)O. The molecule has 136 valence electrons. The van der Waals surface area contributed by atoms with Gasteiger partial charge in [-0.2, -0.15) is 0 Å². The molecule has 2 bridgehead atoms. The van der Waals surface area contributed by atoms with E-state index in [-0.39, 0.29) is 6.10 Å². The van der Waals surface area contributed by atoms with Crippen molar-refractivity contribution in [2.45, 2.75) is 43.9 Å². The van der Waals surface area contributed by atoms with Crippen LogP contribution in [-0.4, -0.2) is 62.5 Å². The highest BCUT2D eigenvalue weighted by atomic mass is 35.5. The second-order valence-corrected chi connectivity index (χ2v) is 6.35. The monoisotopic (exact) mass is 369 g/mol. The van der Waals surface area contributed by atoms with E-state index in [1.165, 1.54) is 12.8 Å². The molecule has 2 unspecified atom stereocenters. The molecular formula is C16H20ClN3O5. The van der Waals surface area contributed by atoms with Gasteiger partial charge in [-0.25, -0.2) is 9.59 Å². The predicted octanol–water partition coefficient (Wildman–Crippen LogP) is 1.85. The van der Waals surface area contributed by atoms with Crippen molar-refractivity contribution in [2.75, 3.05) is 7.05 Å². The molecule has 0 aromatic carbocycles. The maximum absolute atomic E-state index is 9.55. The highest BCUT2D eigenvalue weighted by Gasteiger charge is 2.39. The van der Waals surface area contributed by atoms with Crippen molar-refractivity contribution < 1.29 is 24.5 Å². The van der Waals surface area contributed by atoms with E-state index in [9.17, 15) is 9.59 Å². The number of hydrogen-bond acceptors (Lipinski definition) is 6. The van der Waals surface area contributed by atoms with E-state index in [1.807, 2.05) is 0 Å². The summed E-state index contributed by atoms with van der Waals surface area (Å²) in [5.41, 5.74) is 0. The highest BCUT2D eigenvalue weighted by Crippen LogP contribution is 2.35. The van der Waals surface area contributed by atoms with Crippen LogP contribution in [0.25, 0.3) is 0 Å². The van der Waals surface area contributed by atoms with Crippen LogP contribution >= 0.6 is 11.6 Å². The fourth-order valence-electron chi connectivity index (χ4n) is 3.14. The number of hydrogen-bond donors (Lipinski definition) is 2. The number of fused-ring (bicyclic) bond motifs is 2. The fraction of sp³-hybridized carbons (Fsp3) is 0.500. The second-order valence-electron chi connectivity index (χ2n) is 5.97. The number of carboxylic acids is 2. The van der Waals surface area contributed by atoms with E-state index in [0.29, 0.717) is 35.3 Å². The van der Waals surface area contributed by atoms with Gasteiger partial charge in [0.05, 0.1) is 0 Å². The van der Waals surface area contributed by atoms with E-state index in [1.54, 1.807) is 12.1 Å². The summed E-state index contributed by atoms with van der Waals surface area (Å²) in [6.45, 7) is 0. The summed E-state index contributed by atoms with van der Waals surface area (Å²) in [6, 6.07) is 4.86. The number of aromatic nitrogens is 2. The van der Waals surface area contributed by atoms with Gasteiger partial charge in [-0.1, -0.05) is 11.6 Å². The van der Waals surface area contributed by atoms with Crippen LogP contribution in [-0.2, 0) is 9.59 Å². The van der Waals surface area contributed by atoms with Crippen LogP contribution in [0.15, 0.2) is 24.3 Å². The molecule has 2 fully saturated rings.